The van der Waals surface area contributed by atoms with Crippen LogP contribution >= 0.6 is 0 Å². The van der Waals surface area contributed by atoms with Crippen molar-refractivity contribution in [3.8, 4) is 0 Å². The van der Waals surface area contributed by atoms with E-state index < -0.39 is 5.97 Å². The van der Waals surface area contributed by atoms with Crippen LogP contribution in [0.25, 0.3) is 10.9 Å². The van der Waals surface area contributed by atoms with Crippen LogP contribution in [0.4, 0.5) is 0 Å². The number of nitrogens with zero attached hydrogens (tertiary/aromatic N) is 2. The molecule has 1 aromatic heterocycles. The Morgan fingerprint density at radius 3 is 2.62 bits per heavy atom. The number of para-hydroxylation sites is 1. The van der Waals surface area contributed by atoms with E-state index in [1.165, 1.54) is 27.7 Å². The summed E-state index contributed by atoms with van der Waals surface area (Å²) in [5.41, 5.74) is 5.20. The summed E-state index contributed by atoms with van der Waals surface area (Å²) in [5.74, 6) is -0.726. The molecule has 2 aromatic carbocycles. The summed E-state index contributed by atoms with van der Waals surface area (Å²) in [7, 11) is 2.11. The van der Waals surface area contributed by atoms with Crippen molar-refractivity contribution < 1.29 is 9.90 Å². The number of carboxylic acid groups (broad SMARTS) is 1. The first-order valence-electron chi connectivity index (χ1n) is 9.21. The van der Waals surface area contributed by atoms with Crippen LogP contribution in [0.15, 0.2) is 54.6 Å². The third kappa shape index (κ3) is 3.01. The van der Waals surface area contributed by atoms with Crippen LogP contribution in [0.3, 0.4) is 0 Å². The van der Waals surface area contributed by atoms with E-state index in [4.69, 9.17) is 0 Å². The zero-order valence-electron chi connectivity index (χ0n) is 15.1. The van der Waals surface area contributed by atoms with Gasteiger partial charge < -0.3 is 9.67 Å². The zero-order chi connectivity index (χ0) is 18.1. The third-order valence-electron chi connectivity index (χ3n) is 5.50. The number of hydrogen-bond acceptors (Lipinski definition) is 2. The van der Waals surface area contributed by atoms with Crippen molar-refractivity contribution in [1.82, 2.24) is 9.47 Å². The lowest BCUT2D eigenvalue weighted by Gasteiger charge is -2.34. The highest BCUT2D eigenvalue weighted by Crippen LogP contribution is 2.39. The molecule has 1 unspecified atom stereocenters. The minimum absolute atomic E-state index is 0.144. The molecule has 1 aliphatic heterocycles. The number of likely N-dealkylation sites (N-methyl/N-ethyl adjacent to an activating group) is 1. The number of hydrogen-bond donors (Lipinski definition) is 1. The minimum atomic E-state index is -0.726. The predicted molar refractivity (Wildman–Crippen MR) is 103 cm³/mol. The van der Waals surface area contributed by atoms with E-state index in [9.17, 15) is 9.90 Å². The quantitative estimate of drug-likeness (QED) is 0.755. The van der Waals surface area contributed by atoms with Gasteiger partial charge in [-0.05, 0) is 37.1 Å². The summed E-state index contributed by atoms with van der Waals surface area (Å²) in [5, 5.41) is 10.5. The summed E-state index contributed by atoms with van der Waals surface area (Å²) in [6.45, 7) is 1.78. The Labute approximate surface area is 153 Å². The molecule has 1 atom stereocenters. The van der Waals surface area contributed by atoms with Crippen molar-refractivity contribution in [2.45, 2.75) is 31.8 Å². The summed E-state index contributed by atoms with van der Waals surface area (Å²) in [6, 6.07) is 19.2. The van der Waals surface area contributed by atoms with Gasteiger partial charge in [-0.3, -0.25) is 9.69 Å². The maximum Gasteiger partial charge on any atom is 0.303 e. The van der Waals surface area contributed by atoms with Gasteiger partial charge in [0.05, 0.1) is 6.04 Å². The first-order valence-corrected chi connectivity index (χ1v) is 9.21. The monoisotopic (exact) mass is 348 g/mol. The highest BCUT2D eigenvalue weighted by Gasteiger charge is 2.31. The third-order valence-corrected chi connectivity index (χ3v) is 5.50. The van der Waals surface area contributed by atoms with Crippen molar-refractivity contribution in [2.75, 3.05) is 13.6 Å². The molecule has 4 nitrogen and oxygen atoms in total. The number of carbonyl (C=O) groups is 1. The Morgan fingerprint density at radius 1 is 1.12 bits per heavy atom. The average molecular weight is 348 g/mol. The van der Waals surface area contributed by atoms with Gasteiger partial charge in [-0.15, -0.1) is 0 Å². The summed E-state index contributed by atoms with van der Waals surface area (Å²) in [4.78, 5) is 13.5. The average Bonchev–Trinajstić information content (AvgIpc) is 2.96. The highest BCUT2D eigenvalue weighted by molar-refractivity contribution is 5.86. The lowest BCUT2D eigenvalue weighted by atomic mass is 9.94. The van der Waals surface area contributed by atoms with E-state index >= 15 is 0 Å². The number of aromatic nitrogens is 1. The lowest BCUT2D eigenvalue weighted by Crippen LogP contribution is -2.34. The number of fused-ring (bicyclic) bond motifs is 3. The van der Waals surface area contributed by atoms with Crippen LogP contribution < -0.4 is 0 Å². The Balaban J connectivity index is 1.85. The molecule has 26 heavy (non-hydrogen) atoms. The van der Waals surface area contributed by atoms with Gasteiger partial charge in [-0.1, -0.05) is 48.5 Å². The molecule has 4 heteroatoms. The molecular formula is C22H24N2O2. The molecular weight excluding hydrogens is 324 g/mol. The number of aliphatic carboxylic acids is 1. The van der Waals surface area contributed by atoms with E-state index in [0.29, 0.717) is 6.42 Å². The number of benzene rings is 2. The van der Waals surface area contributed by atoms with Gasteiger partial charge in [0.2, 0.25) is 0 Å². The second kappa shape index (κ2) is 6.96. The molecule has 0 fully saturated rings. The Hall–Kier alpha value is -2.59. The van der Waals surface area contributed by atoms with Crippen LogP contribution in [0.1, 0.15) is 35.7 Å². The van der Waals surface area contributed by atoms with E-state index in [1.54, 1.807) is 0 Å². The maximum atomic E-state index is 11.2. The van der Waals surface area contributed by atoms with E-state index in [2.05, 4.69) is 65.0 Å². The fourth-order valence-corrected chi connectivity index (χ4v) is 4.24. The molecule has 0 saturated carbocycles. The van der Waals surface area contributed by atoms with Gasteiger partial charge in [0.25, 0.3) is 0 Å². The molecule has 0 amide bonds. The second-order valence-corrected chi connectivity index (χ2v) is 7.13. The Morgan fingerprint density at radius 2 is 1.85 bits per heavy atom. The lowest BCUT2D eigenvalue weighted by molar-refractivity contribution is -0.137. The Bertz CT molecular complexity index is 930. The van der Waals surface area contributed by atoms with Crippen LogP contribution in [0, 0.1) is 0 Å². The molecule has 0 radical (unpaired) electrons. The number of rotatable bonds is 5. The van der Waals surface area contributed by atoms with Gasteiger partial charge >= 0.3 is 5.97 Å². The Kier molecular flexibility index (Phi) is 4.51. The topological polar surface area (TPSA) is 45.5 Å². The molecule has 1 aliphatic rings. The second-order valence-electron chi connectivity index (χ2n) is 7.13. The van der Waals surface area contributed by atoms with Crippen molar-refractivity contribution in [1.29, 1.82) is 0 Å². The zero-order valence-corrected chi connectivity index (χ0v) is 15.1. The van der Waals surface area contributed by atoms with Gasteiger partial charge in [-0.2, -0.15) is 0 Å². The van der Waals surface area contributed by atoms with Crippen molar-refractivity contribution >= 4 is 16.9 Å². The SMILES string of the molecule is CN1CCc2c(n(Cc3ccccc3)c3ccccc23)C1CCC(=O)O. The summed E-state index contributed by atoms with van der Waals surface area (Å²) >= 11 is 0. The molecule has 134 valence electrons. The van der Waals surface area contributed by atoms with E-state index in [0.717, 1.165) is 19.5 Å². The standard InChI is InChI=1S/C22H24N2O2/c1-23-14-13-18-17-9-5-6-10-19(17)24(15-16-7-3-2-4-8-16)22(18)20(23)11-12-21(25)26/h2-10,20H,11-15H2,1H3,(H,25,26). The fourth-order valence-electron chi connectivity index (χ4n) is 4.24. The molecule has 0 bridgehead atoms. The molecule has 1 N–H and O–H groups in total. The van der Waals surface area contributed by atoms with Crippen molar-refractivity contribution in [3.63, 3.8) is 0 Å². The van der Waals surface area contributed by atoms with Gasteiger partial charge in [0, 0.05) is 36.1 Å². The van der Waals surface area contributed by atoms with Crippen molar-refractivity contribution in [3.05, 3.63) is 71.4 Å². The van der Waals surface area contributed by atoms with Crippen LogP contribution in [-0.4, -0.2) is 34.1 Å². The smallest absolute Gasteiger partial charge is 0.303 e. The van der Waals surface area contributed by atoms with E-state index in [1.807, 2.05) is 6.07 Å². The first kappa shape index (κ1) is 16.9. The maximum absolute atomic E-state index is 11.2. The molecule has 3 aromatic rings. The van der Waals surface area contributed by atoms with Gasteiger partial charge in [0.15, 0.2) is 0 Å². The summed E-state index contributed by atoms with van der Waals surface area (Å²) < 4.78 is 2.40. The number of carboxylic acids is 1. The predicted octanol–water partition coefficient (Wildman–Crippen LogP) is 4.08. The molecule has 4 rings (SSSR count). The van der Waals surface area contributed by atoms with Crippen LogP contribution in [-0.2, 0) is 17.8 Å². The van der Waals surface area contributed by atoms with Gasteiger partial charge in [-0.25, -0.2) is 0 Å². The van der Waals surface area contributed by atoms with Gasteiger partial charge in [0.1, 0.15) is 0 Å². The summed E-state index contributed by atoms with van der Waals surface area (Å²) in [6.07, 6.45) is 1.85. The first-order chi connectivity index (χ1) is 12.6. The largest absolute Gasteiger partial charge is 0.481 e. The fraction of sp³-hybridized carbons (Fsp3) is 0.318. The van der Waals surface area contributed by atoms with Crippen LogP contribution in [0.2, 0.25) is 0 Å². The van der Waals surface area contributed by atoms with E-state index in [-0.39, 0.29) is 12.5 Å². The van der Waals surface area contributed by atoms with Crippen LogP contribution in [0.5, 0.6) is 0 Å². The minimum Gasteiger partial charge on any atom is -0.481 e. The molecule has 0 spiro atoms. The molecule has 0 aliphatic carbocycles. The highest BCUT2D eigenvalue weighted by atomic mass is 16.4. The molecule has 0 saturated heterocycles. The van der Waals surface area contributed by atoms with Crippen molar-refractivity contribution in [2.24, 2.45) is 0 Å². The normalized spacial score (nSPS) is 17.3. The molecule has 2 heterocycles.